The number of rotatable bonds is 5. The molecule has 0 saturated carbocycles. The third kappa shape index (κ3) is 3.98. The molecule has 0 aliphatic heterocycles. The smallest absolute Gasteiger partial charge is 0.141 e. The molecule has 0 aliphatic rings. The topological polar surface area (TPSA) is 59.0 Å². The number of ether oxygens (including phenoxy) is 1. The Kier molecular flexibility index (Phi) is 5.21. The Morgan fingerprint density at radius 2 is 1.90 bits per heavy atom. The lowest BCUT2D eigenvalue weighted by Gasteiger charge is -2.15. The van der Waals surface area contributed by atoms with E-state index in [9.17, 15) is 0 Å². The van der Waals surface area contributed by atoms with Gasteiger partial charge in [-0.25, -0.2) is 0 Å². The van der Waals surface area contributed by atoms with E-state index in [-0.39, 0.29) is 6.04 Å². The van der Waals surface area contributed by atoms with E-state index in [1.807, 2.05) is 37.3 Å². The number of nitrogens with zero attached hydrogens (tertiary/aromatic N) is 1. The first-order valence-electron chi connectivity index (χ1n) is 6.75. The Balaban J connectivity index is 2.22. The number of hydrogen-bond acceptors (Lipinski definition) is 3. The molecule has 2 aromatic rings. The summed E-state index contributed by atoms with van der Waals surface area (Å²) < 4.78 is 5.86. The SMILES string of the molecule is CC(N)Cc1cccc(Cl)c1OCc1ccccc1C#N. The lowest BCUT2D eigenvalue weighted by Crippen LogP contribution is -2.18. The first-order valence-corrected chi connectivity index (χ1v) is 7.13. The molecule has 0 aromatic heterocycles. The van der Waals surface area contributed by atoms with Gasteiger partial charge in [0.05, 0.1) is 16.7 Å². The largest absolute Gasteiger partial charge is 0.487 e. The Hall–Kier alpha value is -2.02. The van der Waals surface area contributed by atoms with Crippen LogP contribution in [0.5, 0.6) is 5.75 Å². The Labute approximate surface area is 129 Å². The van der Waals surface area contributed by atoms with Crippen molar-refractivity contribution in [3.05, 3.63) is 64.2 Å². The van der Waals surface area contributed by atoms with Gasteiger partial charge >= 0.3 is 0 Å². The average molecular weight is 301 g/mol. The van der Waals surface area contributed by atoms with Gasteiger partial charge in [0.25, 0.3) is 0 Å². The fourth-order valence-electron chi connectivity index (χ4n) is 2.13. The summed E-state index contributed by atoms with van der Waals surface area (Å²) in [4.78, 5) is 0. The van der Waals surface area contributed by atoms with Crippen molar-refractivity contribution >= 4 is 11.6 Å². The van der Waals surface area contributed by atoms with Crippen LogP contribution >= 0.6 is 11.6 Å². The van der Waals surface area contributed by atoms with E-state index in [0.29, 0.717) is 29.4 Å². The van der Waals surface area contributed by atoms with Crippen LogP contribution in [0.25, 0.3) is 0 Å². The molecule has 0 amide bonds. The molecule has 2 aromatic carbocycles. The molecule has 2 rings (SSSR count). The van der Waals surface area contributed by atoms with Gasteiger partial charge in [-0.15, -0.1) is 0 Å². The highest BCUT2D eigenvalue weighted by Gasteiger charge is 2.11. The maximum atomic E-state index is 9.10. The van der Waals surface area contributed by atoms with Crippen LogP contribution in [0.4, 0.5) is 0 Å². The van der Waals surface area contributed by atoms with Crippen LogP contribution in [0.15, 0.2) is 42.5 Å². The van der Waals surface area contributed by atoms with E-state index in [1.54, 1.807) is 12.1 Å². The van der Waals surface area contributed by atoms with Gasteiger partial charge in [-0.1, -0.05) is 41.9 Å². The summed E-state index contributed by atoms with van der Waals surface area (Å²) in [5, 5.41) is 9.65. The van der Waals surface area contributed by atoms with Gasteiger partial charge < -0.3 is 10.5 Å². The standard InChI is InChI=1S/C17H17ClN2O/c1-12(20)9-13-7-4-8-16(18)17(13)21-11-15-6-3-2-5-14(15)10-19/h2-8,12H,9,11,20H2,1H3. The van der Waals surface area contributed by atoms with Crippen LogP contribution in [0.3, 0.4) is 0 Å². The Bertz CT molecular complexity index is 662. The highest BCUT2D eigenvalue weighted by molar-refractivity contribution is 6.32. The minimum absolute atomic E-state index is 0.0252. The highest BCUT2D eigenvalue weighted by atomic mass is 35.5. The normalized spacial score (nSPS) is 11.7. The molecule has 0 saturated heterocycles. The van der Waals surface area contributed by atoms with Gasteiger partial charge in [0.2, 0.25) is 0 Å². The van der Waals surface area contributed by atoms with E-state index in [0.717, 1.165) is 11.1 Å². The molecule has 4 heteroatoms. The fraction of sp³-hybridized carbons (Fsp3) is 0.235. The van der Waals surface area contributed by atoms with E-state index in [4.69, 9.17) is 27.3 Å². The van der Waals surface area contributed by atoms with Crippen LogP contribution in [0.2, 0.25) is 5.02 Å². The molecular formula is C17H17ClN2O. The van der Waals surface area contributed by atoms with E-state index in [2.05, 4.69) is 6.07 Å². The number of nitriles is 1. The maximum Gasteiger partial charge on any atom is 0.141 e. The average Bonchev–Trinajstić information content (AvgIpc) is 2.46. The zero-order valence-corrected chi connectivity index (χ0v) is 12.6. The second-order valence-corrected chi connectivity index (χ2v) is 5.37. The van der Waals surface area contributed by atoms with Crippen LogP contribution in [0, 0.1) is 11.3 Å². The monoisotopic (exact) mass is 300 g/mol. The summed E-state index contributed by atoms with van der Waals surface area (Å²) in [6.07, 6.45) is 0.690. The molecule has 0 spiro atoms. The lowest BCUT2D eigenvalue weighted by atomic mass is 10.1. The summed E-state index contributed by atoms with van der Waals surface area (Å²) in [5.41, 5.74) is 8.28. The maximum absolute atomic E-state index is 9.10. The van der Waals surface area contributed by atoms with Crippen molar-refractivity contribution in [3.8, 4) is 11.8 Å². The van der Waals surface area contributed by atoms with E-state index >= 15 is 0 Å². The first kappa shape index (κ1) is 15.4. The second-order valence-electron chi connectivity index (χ2n) is 4.97. The van der Waals surface area contributed by atoms with Gasteiger partial charge in [0.15, 0.2) is 0 Å². The third-order valence-electron chi connectivity index (χ3n) is 3.10. The first-order chi connectivity index (χ1) is 10.1. The van der Waals surface area contributed by atoms with Crippen molar-refractivity contribution in [2.24, 2.45) is 5.73 Å². The zero-order valence-electron chi connectivity index (χ0n) is 11.8. The number of halogens is 1. The summed E-state index contributed by atoms with van der Waals surface area (Å²) in [7, 11) is 0. The number of para-hydroxylation sites is 1. The van der Waals surface area contributed by atoms with Crippen molar-refractivity contribution in [2.45, 2.75) is 26.0 Å². The molecule has 21 heavy (non-hydrogen) atoms. The number of benzene rings is 2. The number of nitrogens with two attached hydrogens (primary N) is 1. The van der Waals surface area contributed by atoms with Crippen LogP contribution in [-0.2, 0) is 13.0 Å². The molecule has 108 valence electrons. The summed E-state index contributed by atoms with van der Waals surface area (Å²) in [6.45, 7) is 2.25. The molecule has 0 heterocycles. The summed E-state index contributed by atoms with van der Waals surface area (Å²) in [6, 6.07) is 15.2. The quantitative estimate of drug-likeness (QED) is 0.916. The van der Waals surface area contributed by atoms with Crippen molar-refractivity contribution in [3.63, 3.8) is 0 Å². The molecular weight excluding hydrogens is 284 g/mol. The molecule has 0 bridgehead atoms. The van der Waals surface area contributed by atoms with Crippen LogP contribution < -0.4 is 10.5 Å². The molecule has 1 atom stereocenters. The van der Waals surface area contributed by atoms with Crippen LogP contribution in [-0.4, -0.2) is 6.04 Å². The van der Waals surface area contributed by atoms with Crippen LogP contribution in [0.1, 0.15) is 23.6 Å². The molecule has 3 nitrogen and oxygen atoms in total. The Morgan fingerprint density at radius 1 is 1.19 bits per heavy atom. The predicted octanol–water partition coefficient (Wildman–Crippen LogP) is 3.68. The minimum atomic E-state index is 0.0252. The van der Waals surface area contributed by atoms with Crippen molar-refractivity contribution in [1.82, 2.24) is 0 Å². The fourth-order valence-corrected chi connectivity index (χ4v) is 2.38. The van der Waals surface area contributed by atoms with Gasteiger partial charge in [-0.2, -0.15) is 5.26 Å². The van der Waals surface area contributed by atoms with Crippen molar-refractivity contribution in [2.75, 3.05) is 0 Å². The number of hydrogen-bond donors (Lipinski definition) is 1. The lowest BCUT2D eigenvalue weighted by molar-refractivity contribution is 0.302. The van der Waals surface area contributed by atoms with Crippen molar-refractivity contribution < 1.29 is 4.74 Å². The summed E-state index contributed by atoms with van der Waals surface area (Å²) >= 11 is 6.22. The summed E-state index contributed by atoms with van der Waals surface area (Å²) in [5.74, 6) is 0.643. The molecule has 2 N–H and O–H groups in total. The zero-order chi connectivity index (χ0) is 15.2. The van der Waals surface area contributed by atoms with E-state index < -0.39 is 0 Å². The minimum Gasteiger partial charge on any atom is -0.487 e. The highest BCUT2D eigenvalue weighted by Crippen LogP contribution is 2.30. The Morgan fingerprint density at radius 3 is 2.62 bits per heavy atom. The molecule has 1 unspecified atom stereocenters. The van der Waals surface area contributed by atoms with Gasteiger partial charge in [-0.05, 0) is 31.0 Å². The van der Waals surface area contributed by atoms with Gasteiger partial charge in [0.1, 0.15) is 12.4 Å². The molecule has 0 fully saturated rings. The predicted molar refractivity (Wildman–Crippen MR) is 84.3 cm³/mol. The third-order valence-corrected chi connectivity index (χ3v) is 3.40. The molecule has 0 radical (unpaired) electrons. The van der Waals surface area contributed by atoms with Gasteiger partial charge in [-0.3, -0.25) is 0 Å². The second kappa shape index (κ2) is 7.12. The molecule has 0 aliphatic carbocycles. The van der Waals surface area contributed by atoms with Crippen molar-refractivity contribution in [1.29, 1.82) is 5.26 Å². The van der Waals surface area contributed by atoms with Gasteiger partial charge in [0, 0.05) is 11.6 Å². The van der Waals surface area contributed by atoms with E-state index in [1.165, 1.54) is 0 Å².